The third kappa shape index (κ3) is 6.83. The van der Waals surface area contributed by atoms with Crippen molar-refractivity contribution >= 4 is 29.2 Å². The minimum Gasteiger partial charge on any atom is -0.444 e. The van der Waals surface area contributed by atoms with E-state index in [2.05, 4.69) is 10.3 Å². The van der Waals surface area contributed by atoms with Gasteiger partial charge in [-0.25, -0.2) is 9.78 Å². The Morgan fingerprint density at radius 2 is 2.32 bits per heavy atom. The van der Waals surface area contributed by atoms with Crippen LogP contribution in [0.5, 0.6) is 0 Å². The smallest absolute Gasteiger partial charge is 0.410 e. The van der Waals surface area contributed by atoms with Crippen LogP contribution in [0.25, 0.3) is 0 Å². The minimum atomic E-state index is -0.508. The number of carbonyl (C=O) groups is 1. The normalized spacial score (nSPS) is 18.4. The number of hydrogen-bond donors (Lipinski definition) is 2. The second kappa shape index (κ2) is 8.44. The molecule has 1 fully saturated rings. The summed E-state index contributed by atoms with van der Waals surface area (Å²) in [6.07, 6.45) is 2.17. The maximum Gasteiger partial charge on any atom is 0.410 e. The van der Waals surface area contributed by atoms with Gasteiger partial charge in [0.25, 0.3) is 0 Å². The van der Waals surface area contributed by atoms with Crippen molar-refractivity contribution in [1.29, 1.82) is 0 Å². The number of nitrogens with zero attached hydrogens (tertiary/aromatic N) is 2. The number of nitrogens with two attached hydrogens (primary N) is 1. The average Bonchev–Trinajstić information content (AvgIpc) is 2.71. The fraction of sp³-hybridized carbons (Fsp3) is 0.588. The summed E-state index contributed by atoms with van der Waals surface area (Å²) >= 11 is 4.84. The summed E-state index contributed by atoms with van der Waals surface area (Å²) in [5.74, 6) is 0.790. The van der Waals surface area contributed by atoms with Gasteiger partial charge in [0.1, 0.15) is 11.4 Å². The third-order valence-corrected chi connectivity index (χ3v) is 3.69. The van der Waals surface area contributed by atoms with Crippen molar-refractivity contribution in [2.45, 2.75) is 32.8 Å². The highest BCUT2D eigenvalue weighted by molar-refractivity contribution is 7.80. The largest absolute Gasteiger partial charge is 0.444 e. The van der Waals surface area contributed by atoms with Crippen molar-refractivity contribution in [3.8, 4) is 0 Å². The molecule has 0 spiro atoms. The Kier molecular flexibility index (Phi) is 6.55. The summed E-state index contributed by atoms with van der Waals surface area (Å²) in [6.45, 7) is 7.84. The topological polar surface area (TPSA) is 89.7 Å². The third-order valence-electron chi connectivity index (χ3n) is 3.59. The van der Waals surface area contributed by atoms with Crippen LogP contribution in [0.3, 0.4) is 0 Å². The molecule has 1 aromatic heterocycles. The highest BCUT2D eigenvalue weighted by Crippen LogP contribution is 2.18. The highest BCUT2D eigenvalue weighted by Gasteiger charge is 2.26. The molecule has 0 saturated carbocycles. The molecule has 1 aliphatic rings. The molecule has 1 atom stereocenters. The minimum absolute atomic E-state index is 0.176. The first kappa shape index (κ1) is 19.4. The predicted octanol–water partition coefficient (Wildman–Crippen LogP) is 2.16. The van der Waals surface area contributed by atoms with Gasteiger partial charge in [0, 0.05) is 25.2 Å². The Labute approximate surface area is 153 Å². The number of thiocarbonyl (C=S) groups is 1. The average molecular weight is 366 g/mol. The van der Waals surface area contributed by atoms with Gasteiger partial charge in [-0.3, -0.25) is 0 Å². The molecule has 1 amide bonds. The van der Waals surface area contributed by atoms with Crippen LogP contribution in [0.2, 0.25) is 0 Å². The zero-order valence-electron chi connectivity index (χ0n) is 14.9. The van der Waals surface area contributed by atoms with Crippen LogP contribution in [-0.4, -0.2) is 53.0 Å². The van der Waals surface area contributed by atoms with Crippen molar-refractivity contribution in [3.05, 3.63) is 23.9 Å². The van der Waals surface area contributed by atoms with Crippen LogP contribution < -0.4 is 11.1 Å². The van der Waals surface area contributed by atoms with Gasteiger partial charge in [-0.15, -0.1) is 0 Å². The van der Waals surface area contributed by atoms with E-state index < -0.39 is 5.60 Å². The summed E-state index contributed by atoms with van der Waals surface area (Å²) in [5, 5.41) is 3.01. The molecule has 8 heteroatoms. The maximum absolute atomic E-state index is 12.3. The molecular formula is C17H26N4O3S. The monoisotopic (exact) mass is 366 g/mol. The van der Waals surface area contributed by atoms with E-state index in [0.717, 1.165) is 12.0 Å². The number of anilines is 1. The Hall–Kier alpha value is -1.93. The van der Waals surface area contributed by atoms with E-state index in [0.29, 0.717) is 32.1 Å². The van der Waals surface area contributed by atoms with Gasteiger partial charge in [0.15, 0.2) is 5.11 Å². The first-order valence-electron chi connectivity index (χ1n) is 8.30. The molecule has 138 valence electrons. The lowest BCUT2D eigenvalue weighted by molar-refractivity contribution is 0.0233. The quantitative estimate of drug-likeness (QED) is 0.792. The van der Waals surface area contributed by atoms with Crippen molar-refractivity contribution in [2.24, 2.45) is 11.7 Å². The lowest BCUT2D eigenvalue weighted by atomic mass is 10.0. The van der Waals surface area contributed by atoms with E-state index in [4.69, 9.17) is 27.4 Å². The fourth-order valence-corrected chi connectivity index (χ4v) is 2.73. The Balaban J connectivity index is 2.01. The van der Waals surface area contributed by atoms with Crippen LogP contribution in [0.4, 0.5) is 10.6 Å². The van der Waals surface area contributed by atoms with Crippen LogP contribution >= 0.6 is 12.2 Å². The van der Waals surface area contributed by atoms with Crippen molar-refractivity contribution < 1.29 is 14.3 Å². The second-order valence-electron chi connectivity index (χ2n) is 7.11. The molecule has 1 aromatic rings. The Morgan fingerprint density at radius 1 is 1.56 bits per heavy atom. The number of nitrogens with one attached hydrogen (secondary N) is 1. The van der Waals surface area contributed by atoms with Gasteiger partial charge in [-0.2, -0.15) is 0 Å². The molecule has 0 aliphatic carbocycles. The number of hydrogen-bond acceptors (Lipinski definition) is 5. The number of pyridine rings is 1. The number of amides is 1. The lowest BCUT2D eigenvalue weighted by Crippen LogP contribution is -2.40. The van der Waals surface area contributed by atoms with E-state index in [1.165, 1.54) is 0 Å². The van der Waals surface area contributed by atoms with Crippen molar-refractivity contribution in [1.82, 2.24) is 9.88 Å². The predicted molar refractivity (Wildman–Crippen MR) is 100 cm³/mol. The lowest BCUT2D eigenvalue weighted by Gasteiger charge is -2.27. The van der Waals surface area contributed by atoms with Crippen molar-refractivity contribution in [3.63, 3.8) is 0 Å². The number of rotatable bonds is 3. The number of carbonyl (C=O) groups excluding carboxylic acids is 1. The van der Waals surface area contributed by atoms with Gasteiger partial charge < -0.3 is 25.4 Å². The first-order chi connectivity index (χ1) is 11.7. The second-order valence-corrected chi connectivity index (χ2v) is 7.55. The maximum atomic E-state index is 12.3. The van der Waals surface area contributed by atoms with Crippen molar-refractivity contribution in [2.75, 3.05) is 31.6 Å². The fourth-order valence-electron chi connectivity index (χ4n) is 2.63. The zero-order valence-corrected chi connectivity index (χ0v) is 15.8. The van der Waals surface area contributed by atoms with Crippen LogP contribution in [0.15, 0.2) is 18.3 Å². The molecule has 2 rings (SSSR count). The zero-order chi connectivity index (χ0) is 18.4. The summed E-state index contributed by atoms with van der Waals surface area (Å²) in [6, 6.07) is 3.84. The summed E-state index contributed by atoms with van der Waals surface area (Å²) in [4.78, 5) is 18.2. The Bertz CT molecular complexity index is 618. The number of aromatic nitrogens is 1. The summed E-state index contributed by atoms with van der Waals surface area (Å²) < 4.78 is 11.1. The molecular weight excluding hydrogens is 340 g/mol. The van der Waals surface area contributed by atoms with Gasteiger partial charge in [0.2, 0.25) is 0 Å². The SMILES string of the molecule is CC(C)(C)OC(=O)N1CCOCC(Cc2ccnc(NC(N)=S)c2)C1. The highest BCUT2D eigenvalue weighted by atomic mass is 32.1. The van der Waals surface area contributed by atoms with E-state index in [1.807, 2.05) is 32.9 Å². The molecule has 0 radical (unpaired) electrons. The molecule has 7 nitrogen and oxygen atoms in total. The Morgan fingerprint density at radius 3 is 3.00 bits per heavy atom. The molecule has 1 aliphatic heterocycles. The standard InChI is InChI=1S/C17H26N4O3S/c1-17(2,3)24-16(22)21-6-7-23-11-13(10-21)8-12-4-5-19-14(9-12)20-15(18)25/h4-5,9,13H,6-8,10-11H2,1-3H3,(H3,18,19,20,25). The van der Waals surface area contributed by atoms with E-state index in [9.17, 15) is 4.79 Å². The van der Waals surface area contributed by atoms with Gasteiger partial charge >= 0.3 is 6.09 Å². The molecule has 2 heterocycles. The molecule has 25 heavy (non-hydrogen) atoms. The molecule has 0 aromatic carbocycles. The van der Waals surface area contributed by atoms with Gasteiger partial charge in [-0.1, -0.05) is 0 Å². The molecule has 1 unspecified atom stereocenters. The van der Waals surface area contributed by atoms with Crippen LogP contribution in [0, 0.1) is 5.92 Å². The van der Waals surface area contributed by atoms with Crippen LogP contribution in [0.1, 0.15) is 26.3 Å². The van der Waals surface area contributed by atoms with Crippen LogP contribution in [-0.2, 0) is 15.9 Å². The molecule has 0 bridgehead atoms. The summed E-state index contributed by atoms with van der Waals surface area (Å²) in [7, 11) is 0. The van der Waals surface area contributed by atoms with E-state index in [1.54, 1.807) is 11.1 Å². The summed E-state index contributed by atoms with van der Waals surface area (Å²) in [5.41, 5.74) is 6.05. The van der Waals surface area contributed by atoms with Gasteiger partial charge in [-0.05, 0) is 57.1 Å². The van der Waals surface area contributed by atoms with E-state index in [-0.39, 0.29) is 17.1 Å². The van der Waals surface area contributed by atoms with E-state index >= 15 is 0 Å². The van der Waals surface area contributed by atoms with Gasteiger partial charge in [0.05, 0.1) is 13.2 Å². The first-order valence-corrected chi connectivity index (χ1v) is 8.71. The molecule has 1 saturated heterocycles. The molecule has 3 N–H and O–H groups in total. The number of ether oxygens (including phenoxy) is 2.